The van der Waals surface area contributed by atoms with E-state index in [2.05, 4.69) is 15.3 Å². The van der Waals surface area contributed by atoms with Gasteiger partial charge in [0.25, 0.3) is 0 Å². The number of halogens is 2. The first kappa shape index (κ1) is 24.5. The number of anilines is 2. The molecule has 1 amide bonds. The molecule has 0 bridgehead atoms. The van der Waals surface area contributed by atoms with Gasteiger partial charge in [-0.3, -0.25) is 0 Å². The van der Waals surface area contributed by atoms with Crippen molar-refractivity contribution in [3.63, 3.8) is 0 Å². The van der Waals surface area contributed by atoms with Crippen LogP contribution in [0, 0.1) is 18.6 Å². The smallest absolute Gasteiger partial charge is 0.410 e. The van der Waals surface area contributed by atoms with Crippen LogP contribution < -0.4 is 14.8 Å². The van der Waals surface area contributed by atoms with Gasteiger partial charge in [-0.25, -0.2) is 23.5 Å². The van der Waals surface area contributed by atoms with Crippen molar-refractivity contribution in [1.82, 2.24) is 14.9 Å². The van der Waals surface area contributed by atoms with Gasteiger partial charge < -0.3 is 24.4 Å². The van der Waals surface area contributed by atoms with E-state index in [1.54, 1.807) is 11.8 Å². The van der Waals surface area contributed by atoms with Crippen LogP contribution in [0.25, 0.3) is 0 Å². The Hall–Kier alpha value is -3.17. The molecule has 1 N–H and O–H groups in total. The number of benzene rings is 1. The van der Waals surface area contributed by atoms with Gasteiger partial charge in [-0.2, -0.15) is 0 Å². The lowest BCUT2D eigenvalue weighted by molar-refractivity contribution is 0.0505. The van der Waals surface area contributed by atoms with Crippen LogP contribution in [0.5, 0.6) is 11.6 Å². The fraction of sp³-hybridized carbons (Fsp3) is 0.522. The van der Waals surface area contributed by atoms with Crippen LogP contribution >= 0.6 is 0 Å². The Morgan fingerprint density at radius 1 is 1.21 bits per heavy atom. The van der Waals surface area contributed by atoms with Gasteiger partial charge in [-0.15, -0.1) is 0 Å². The second kappa shape index (κ2) is 11.1. The highest BCUT2D eigenvalue weighted by atomic mass is 19.1. The molecule has 0 unspecified atom stereocenters. The number of aromatic nitrogens is 2. The molecule has 0 aliphatic carbocycles. The number of nitrogens with zero attached hydrogens (tertiary/aromatic N) is 3. The minimum absolute atomic E-state index is 0.0685. The SMILES string of the molecule is CCCOc1cc(F)c(Nc2ncnc(OC3CCN(C(=O)OC(C)C)CC3)c2C)cc1F. The van der Waals surface area contributed by atoms with Crippen molar-refractivity contribution < 1.29 is 27.8 Å². The standard InChI is InChI=1S/C23H30F2N4O4/c1-5-10-31-20-12-17(24)19(11-18(20)25)28-21-15(4)22(27-13-26-21)33-16-6-8-29(9-7-16)23(30)32-14(2)3/h11-14,16H,5-10H2,1-4H3,(H,26,27,28). The maximum absolute atomic E-state index is 14.5. The molecule has 0 atom stereocenters. The van der Waals surface area contributed by atoms with Gasteiger partial charge in [-0.05, 0) is 27.2 Å². The van der Waals surface area contributed by atoms with Gasteiger partial charge in [0.15, 0.2) is 17.4 Å². The third-order valence-corrected chi connectivity index (χ3v) is 5.09. The molecule has 8 nitrogen and oxygen atoms in total. The quantitative estimate of drug-likeness (QED) is 0.589. The number of hydrogen-bond acceptors (Lipinski definition) is 7. The summed E-state index contributed by atoms with van der Waals surface area (Å²) in [5.74, 6) is -0.813. The Morgan fingerprint density at radius 2 is 1.94 bits per heavy atom. The number of carbonyl (C=O) groups is 1. The Labute approximate surface area is 192 Å². The number of amides is 1. The van der Waals surface area contributed by atoms with Crippen LogP contribution in [0.1, 0.15) is 45.6 Å². The van der Waals surface area contributed by atoms with Crippen molar-refractivity contribution in [3.05, 3.63) is 35.7 Å². The Balaban J connectivity index is 1.65. The van der Waals surface area contributed by atoms with Crippen LogP contribution in [-0.4, -0.2) is 52.9 Å². The van der Waals surface area contributed by atoms with Crippen molar-refractivity contribution in [2.75, 3.05) is 25.0 Å². The number of nitrogens with one attached hydrogen (secondary N) is 1. The first-order valence-electron chi connectivity index (χ1n) is 11.1. The van der Waals surface area contributed by atoms with E-state index < -0.39 is 11.6 Å². The van der Waals surface area contributed by atoms with Crippen LogP contribution in [-0.2, 0) is 4.74 Å². The van der Waals surface area contributed by atoms with E-state index in [1.165, 1.54) is 6.33 Å². The van der Waals surface area contributed by atoms with E-state index in [-0.39, 0.29) is 29.7 Å². The van der Waals surface area contributed by atoms with Gasteiger partial charge in [-0.1, -0.05) is 6.92 Å². The monoisotopic (exact) mass is 464 g/mol. The van der Waals surface area contributed by atoms with Gasteiger partial charge in [0.1, 0.15) is 18.2 Å². The van der Waals surface area contributed by atoms with E-state index in [0.717, 1.165) is 12.1 Å². The molecule has 0 radical (unpaired) electrons. The number of likely N-dealkylation sites (tertiary alicyclic amines) is 1. The molecule has 180 valence electrons. The van der Waals surface area contributed by atoms with E-state index in [4.69, 9.17) is 14.2 Å². The summed E-state index contributed by atoms with van der Waals surface area (Å²) in [4.78, 5) is 22.0. The largest absolute Gasteiger partial charge is 0.490 e. The number of piperidine rings is 1. The van der Waals surface area contributed by atoms with Crippen LogP contribution in [0.3, 0.4) is 0 Å². The highest BCUT2D eigenvalue weighted by molar-refractivity contribution is 5.68. The van der Waals surface area contributed by atoms with E-state index >= 15 is 0 Å². The Kier molecular flexibility index (Phi) is 8.24. The van der Waals surface area contributed by atoms with E-state index in [1.807, 2.05) is 20.8 Å². The van der Waals surface area contributed by atoms with E-state index in [0.29, 0.717) is 56.2 Å². The molecular weight excluding hydrogens is 434 g/mol. The average Bonchev–Trinajstić information content (AvgIpc) is 2.77. The van der Waals surface area contributed by atoms with Crippen molar-refractivity contribution in [3.8, 4) is 11.6 Å². The molecule has 2 heterocycles. The highest BCUT2D eigenvalue weighted by Gasteiger charge is 2.26. The summed E-state index contributed by atoms with van der Waals surface area (Å²) >= 11 is 0. The second-order valence-corrected chi connectivity index (χ2v) is 8.13. The summed E-state index contributed by atoms with van der Waals surface area (Å²) in [6.45, 7) is 8.57. The first-order valence-corrected chi connectivity index (χ1v) is 11.1. The van der Waals surface area contributed by atoms with Crippen molar-refractivity contribution in [1.29, 1.82) is 0 Å². The van der Waals surface area contributed by atoms with Crippen LogP contribution in [0.15, 0.2) is 18.5 Å². The van der Waals surface area contributed by atoms with E-state index in [9.17, 15) is 13.6 Å². The number of rotatable bonds is 8. The van der Waals surface area contributed by atoms with Gasteiger partial charge in [0, 0.05) is 38.1 Å². The van der Waals surface area contributed by atoms with Crippen LogP contribution in [0.2, 0.25) is 0 Å². The summed E-state index contributed by atoms with van der Waals surface area (Å²) in [7, 11) is 0. The fourth-order valence-corrected chi connectivity index (χ4v) is 3.34. The molecule has 1 aromatic heterocycles. The predicted molar refractivity (Wildman–Crippen MR) is 119 cm³/mol. The van der Waals surface area contributed by atoms with Gasteiger partial charge in [0.05, 0.1) is 24.0 Å². The third-order valence-electron chi connectivity index (χ3n) is 5.09. The molecule has 2 aromatic rings. The van der Waals surface area contributed by atoms with Crippen LogP contribution in [0.4, 0.5) is 25.1 Å². The molecule has 1 aliphatic rings. The average molecular weight is 465 g/mol. The molecule has 1 saturated heterocycles. The maximum Gasteiger partial charge on any atom is 0.410 e. The van der Waals surface area contributed by atoms with Crippen molar-refractivity contribution in [2.45, 2.75) is 59.2 Å². The summed E-state index contributed by atoms with van der Waals surface area (Å²) in [6.07, 6.45) is 2.60. The van der Waals surface area contributed by atoms with Crippen molar-refractivity contribution in [2.24, 2.45) is 0 Å². The number of carbonyl (C=O) groups excluding carboxylic acids is 1. The fourth-order valence-electron chi connectivity index (χ4n) is 3.34. The molecule has 1 aromatic carbocycles. The maximum atomic E-state index is 14.5. The minimum atomic E-state index is -0.668. The Bertz CT molecular complexity index is 966. The number of ether oxygens (including phenoxy) is 3. The zero-order valence-electron chi connectivity index (χ0n) is 19.4. The Morgan fingerprint density at radius 3 is 2.61 bits per heavy atom. The molecule has 33 heavy (non-hydrogen) atoms. The lowest BCUT2D eigenvalue weighted by Gasteiger charge is -2.32. The molecule has 1 fully saturated rings. The first-order chi connectivity index (χ1) is 15.8. The predicted octanol–water partition coefficient (Wildman–Crippen LogP) is 4.98. The van der Waals surface area contributed by atoms with Gasteiger partial charge in [0.2, 0.25) is 5.88 Å². The molecule has 3 rings (SSSR count). The molecular formula is C23H30F2N4O4. The summed E-state index contributed by atoms with van der Waals surface area (Å²) in [5.41, 5.74) is 0.492. The number of hydrogen-bond donors (Lipinski definition) is 1. The normalized spacial score (nSPS) is 14.3. The van der Waals surface area contributed by atoms with Crippen molar-refractivity contribution >= 4 is 17.6 Å². The lowest BCUT2D eigenvalue weighted by Crippen LogP contribution is -2.42. The lowest BCUT2D eigenvalue weighted by atomic mass is 10.1. The highest BCUT2D eigenvalue weighted by Crippen LogP contribution is 2.30. The topological polar surface area (TPSA) is 85.8 Å². The zero-order chi connectivity index (χ0) is 24.0. The molecule has 0 spiro atoms. The third kappa shape index (κ3) is 6.43. The van der Waals surface area contributed by atoms with Gasteiger partial charge >= 0.3 is 6.09 Å². The molecule has 1 aliphatic heterocycles. The molecule has 10 heteroatoms. The second-order valence-electron chi connectivity index (χ2n) is 8.13. The molecule has 0 saturated carbocycles. The summed E-state index contributed by atoms with van der Waals surface area (Å²) < 4.78 is 45.3. The summed E-state index contributed by atoms with van der Waals surface area (Å²) in [5, 5.41) is 2.81. The zero-order valence-corrected chi connectivity index (χ0v) is 19.4. The summed E-state index contributed by atoms with van der Waals surface area (Å²) in [6, 6.07) is 2.05. The minimum Gasteiger partial charge on any atom is -0.490 e.